The zero-order valence-electron chi connectivity index (χ0n) is 8.96. The van der Waals surface area contributed by atoms with Gasteiger partial charge in [-0.3, -0.25) is 4.79 Å². The van der Waals surface area contributed by atoms with Gasteiger partial charge < -0.3 is 5.11 Å². The molecule has 2 aromatic rings. The van der Waals surface area contributed by atoms with E-state index in [0.29, 0.717) is 11.1 Å². The summed E-state index contributed by atoms with van der Waals surface area (Å²) in [5.41, 5.74) is 1.26. The van der Waals surface area contributed by atoms with Gasteiger partial charge in [-0.15, -0.1) is 0 Å². The Kier molecular flexibility index (Phi) is 3.01. The first-order valence-corrected chi connectivity index (χ1v) is 5.11. The van der Waals surface area contributed by atoms with E-state index in [9.17, 15) is 9.59 Å². The van der Waals surface area contributed by atoms with Gasteiger partial charge in [0.15, 0.2) is 5.78 Å². The fourth-order valence-electron chi connectivity index (χ4n) is 1.52. The predicted molar refractivity (Wildman–Crippen MR) is 63.3 cm³/mol. The molecule has 0 saturated carbocycles. The van der Waals surface area contributed by atoms with E-state index in [1.807, 2.05) is 6.07 Å². The molecule has 0 aromatic heterocycles. The molecule has 1 N–H and O–H groups in total. The number of carbonyl (C=O) groups is 2. The van der Waals surface area contributed by atoms with Gasteiger partial charge in [0.2, 0.25) is 0 Å². The Labute approximate surface area is 98.3 Å². The molecule has 0 aliphatic heterocycles. The van der Waals surface area contributed by atoms with Crippen molar-refractivity contribution in [2.75, 3.05) is 0 Å². The van der Waals surface area contributed by atoms with Crippen LogP contribution in [0, 0.1) is 0 Å². The number of aromatic carboxylic acids is 1. The fourth-order valence-corrected chi connectivity index (χ4v) is 1.52. The fraction of sp³-hybridized carbons (Fsp3) is 0. The van der Waals surface area contributed by atoms with Crippen molar-refractivity contribution in [1.82, 2.24) is 0 Å². The molecular weight excluding hydrogens is 217 g/mol. The number of hydrogen-bond acceptors (Lipinski definition) is 2. The second-order valence-electron chi connectivity index (χ2n) is 3.58. The molecule has 2 aromatic carbocycles. The average Bonchev–Trinajstić information content (AvgIpc) is 2.39. The summed E-state index contributed by atoms with van der Waals surface area (Å²) in [4.78, 5) is 22.6. The summed E-state index contributed by atoms with van der Waals surface area (Å²) < 4.78 is 0. The molecule has 0 radical (unpaired) electrons. The first-order valence-electron chi connectivity index (χ1n) is 5.11. The monoisotopic (exact) mass is 227 g/mol. The first-order chi connectivity index (χ1) is 8.18. The van der Waals surface area contributed by atoms with Crippen LogP contribution in [0.3, 0.4) is 0 Å². The van der Waals surface area contributed by atoms with Crippen LogP contribution in [-0.2, 0) is 0 Å². The highest BCUT2D eigenvalue weighted by molar-refractivity contribution is 6.09. The molecule has 2 rings (SSSR count). The number of carbonyl (C=O) groups excluding carboxylic acids is 1. The third-order valence-corrected chi connectivity index (χ3v) is 2.43. The number of rotatable bonds is 3. The highest BCUT2D eigenvalue weighted by Crippen LogP contribution is 2.11. The van der Waals surface area contributed by atoms with Crippen LogP contribution in [0.25, 0.3) is 0 Å². The van der Waals surface area contributed by atoms with Gasteiger partial charge in [0.1, 0.15) is 0 Å². The number of carboxylic acid groups (broad SMARTS) is 1. The molecule has 3 heteroatoms. The minimum absolute atomic E-state index is 0.109. The van der Waals surface area contributed by atoms with E-state index in [1.165, 1.54) is 24.3 Å². The van der Waals surface area contributed by atoms with Crippen LogP contribution in [-0.4, -0.2) is 16.9 Å². The number of hydrogen-bond donors (Lipinski definition) is 1. The Balaban J connectivity index is 2.30. The van der Waals surface area contributed by atoms with Gasteiger partial charge >= 0.3 is 5.97 Å². The molecule has 0 unspecified atom stereocenters. The maximum absolute atomic E-state index is 12.0. The van der Waals surface area contributed by atoms with Gasteiger partial charge in [-0.25, -0.2) is 4.79 Å². The van der Waals surface area contributed by atoms with E-state index >= 15 is 0 Å². The second-order valence-corrected chi connectivity index (χ2v) is 3.58. The summed E-state index contributed by atoms with van der Waals surface area (Å²) >= 11 is 0. The van der Waals surface area contributed by atoms with Gasteiger partial charge in [-0.1, -0.05) is 42.5 Å². The normalized spacial score (nSPS) is 9.88. The molecular formula is C14H10O3. The number of benzene rings is 2. The van der Waals surface area contributed by atoms with E-state index < -0.39 is 5.97 Å². The highest BCUT2D eigenvalue weighted by atomic mass is 16.5. The van der Waals surface area contributed by atoms with Gasteiger partial charge in [0, 0.05) is 11.1 Å². The third-order valence-electron chi connectivity index (χ3n) is 2.43. The van der Waals surface area contributed by atoms with Gasteiger partial charge in [-0.2, -0.15) is 0 Å². The highest BCUT2D eigenvalue weighted by Gasteiger charge is 2.09. The molecule has 0 aliphatic rings. The zero-order chi connectivity index (χ0) is 12.3. The van der Waals surface area contributed by atoms with Crippen molar-refractivity contribution < 1.29 is 14.7 Å². The standard InChI is InChI=1S/C14H10O3/c15-13(10-4-2-1-3-5-10)11-6-8-12(9-7-11)14(16)17/h1-9H,(H,16,17)/i14+1. The second kappa shape index (κ2) is 4.61. The quantitative estimate of drug-likeness (QED) is 0.647. The summed E-state index contributed by atoms with van der Waals surface area (Å²) in [6.45, 7) is 0. The molecule has 0 heterocycles. The zero-order valence-corrected chi connectivity index (χ0v) is 8.96. The molecule has 0 saturated heterocycles. The molecule has 3 nitrogen and oxygen atoms in total. The van der Waals surface area contributed by atoms with E-state index in [4.69, 9.17) is 5.11 Å². The summed E-state index contributed by atoms with van der Waals surface area (Å²) in [5.74, 6) is -1.11. The molecule has 0 fully saturated rings. The minimum atomic E-state index is -0.997. The van der Waals surface area contributed by atoms with Crippen molar-refractivity contribution in [3.05, 3.63) is 71.3 Å². The molecule has 0 atom stereocenters. The van der Waals surface area contributed by atoms with Gasteiger partial charge in [0.05, 0.1) is 5.56 Å². The maximum atomic E-state index is 12.0. The first kappa shape index (κ1) is 11.1. The smallest absolute Gasteiger partial charge is 0.335 e. The summed E-state index contributed by atoms with van der Waals surface area (Å²) in [6.07, 6.45) is 0. The Morgan fingerprint density at radius 1 is 0.706 bits per heavy atom. The van der Waals surface area contributed by atoms with E-state index in [1.54, 1.807) is 24.3 Å². The molecule has 0 amide bonds. The van der Waals surface area contributed by atoms with Crippen molar-refractivity contribution in [1.29, 1.82) is 0 Å². The Morgan fingerprint density at radius 2 is 1.18 bits per heavy atom. The molecule has 84 valence electrons. The Hall–Kier alpha value is -2.42. The van der Waals surface area contributed by atoms with Crippen LogP contribution < -0.4 is 0 Å². The van der Waals surface area contributed by atoms with Gasteiger partial charge in [0.25, 0.3) is 0 Å². The summed E-state index contributed by atoms with van der Waals surface area (Å²) in [6, 6.07) is 14.8. The lowest BCUT2D eigenvalue weighted by atomic mass is 10.0. The Bertz CT molecular complexity index is 541. The SMILES string of the molecule is O=C(c1ccccc1)c1ccc([13C](=O)O)cc1. The van der Waals surface area contributed by atoms with Crippen molar-refractivity contribution in [2.24, 2.45) is 0 Å². The average molecular weight is 227 g/mol. The van der Waals surface area contributed by atoms with Crippen LogP contribution in [0.5, 0.6) is 0 Å². The Morgan fingerprint density at radius 3 is 1.71 bits per heavy atom. The topological polar surface area (TPSA) is 54.4 Å². The molecule has 0 spiro atoms. The lowest BCUT2D eigenvalue weighted by Gasteiger charge is -2.01. The van der Waals surface area contributed by atoms with Crippen LogP contribution in [0.4, 0.5) is 0 Å². The van der Waals surface area contributed by atoms with Crippen LogP contribution in [0.1, 0.15) is 26.3 Å². The van der Waals surface area contributed by atoms with Gasteiger partial charge in [-0.05, 0) is 12.1 Å². The van der Waals surface area contributed by atoms with E-state index in [0.717, 1.165) is 0 Å². The van der Waals surface area contributed by atoms with E-state index in [2.05, 4.69) is 0 Å². The third kappa shape index (κ3) is 2.39. The lowest BCUT2D eigenvalue weighted by molar-refractivity contribution is 0.0696. The lowest BCUT2D eigenvalue weighted by Crippen LogP contribution is -2.02. The van der Waals surface area contributed by atoms with Crippen LogP contribution in [0.15, 0.2) is 54.6 Å². The number of carboxylic acids is 1. The van der Waals surface area contributed by atoms with Crippen LogP contribution in [0.2, 0.25) is 0 Å². The maximum Gasteiger partial charge on any atom is 0.335 e. The minimum Gasteiger partial charge on any atom is -0.478 e. The molecule has 17 heavy (non-hydrogen) atoms. The van der Waals surface area contributed by atoms with Crippen LogP contribution >= 0.6 is 0 Å². The van der Waals surface area contributed by atoms with E-state index in [-0.39, 0.29) is 11.3 Å². The van der Waals surface area contributed by atoms with Crippen molar-refractivity contribution >= 4 is 11.8 Å². The largest absolute Gasteiger partial charge is 0.478 e. The summed E-state index contributed by atoms with van der Waals surface area (Å²) in [5, 5.41) is 8.75. The van der Waals surface area contributed by atoms with Crippen molar-refractivity contribution in [2.45, 2.75) is 0 Å². The number of ketones is 1. The molecule has 0 aliphatic carbocycles. The summed E-state index contributed by atoms with van der Waals surface area (Å²) in [7, 11) is 0. The molecule has 0 bridgehead atoms. The van der Waals surface area contributed by atoms with Crippen molar-refractivity contribution in [3.63, 3.8) is 0 Å². The van der Waals surface area contributed by atoms with Crippen molar-refractivity contribution in [3.8, 4) is 0 Å². The predicted octanol–water partition coefficient (Wildman–Crippen LogP) is 2.62.